The van der Waals surface area contributed by atoms with E-state index in [4.69, 9.17) is 4.42 Å². The summed E-state index contributed by atoms with van der Waals surface area (Å²) in [5.74, 6) is 1.34. The van der Waals surface area contributed by atoms with Gasteiger partial charge in [-0.1, -0.05) is 26.0 Å². The quantitative estimate of drug-likeness (QED) is 0.688. The fraction of sp³-hybridized carbons (Fsp3) is 0.333. The maximum atomic E-state index is 12.3. The van der Waals surface area contributed by atoms with E-state index >= 15 is 0 Å². The highest BCUT2D eigenvalue weighted by Gasteiger charge is 2.34. The fourth-order valence-electron chi connectivity index (χ4n) is 3.48. The summed E-state index contributed by atoms with van der Waals surface area (Å²) >= 11 is 0. The number of hydrogen-bond donors (Lipinski definition) is 2. The number of aryl methyl sites for hydroxylation is 1. The summed E-state index contributed by atoms with van der Waals surface area (Å²) in [4.78, 5) is 27.3. The lowest BCUT2D eigenvalue weighted by Crippen LogP contribution is -2.57. The van der Waals surface area contributed by atoms with E-state index in [9.17, 15) is 4.79 Å². The van der Waals surface area contributed by atoms with E-state index in [1.54, 1.807) is 12.4 Å². The Morgan fingerprint density at radius 3 is 2.93 bits per heavy atom. The molecule has 1 aliphatic rings. The predicted octanol–water partition coefficient (Wildman–Crippen LogP) is 3.14. The fourth-order valence-corrected chi connectivity index (χ4v) is 3.48. The van der Waals surface area contributed by atoms with Crippen molar-refractivity contribution >= 4 is 23.6 Å². The van der Waals surface area contributed by atoms with E-state index in [1.165, 1.54) is 0 Å². The number of rotatable bonds is 5. The number of nitrogens with one attached hydrogen (secondary N) is 2. The zero-order valence-corrected chi connectivity index (χ0v) is 16.7. The van der Waals surface area contributed by atoms with Gasteiger partial charge in [0, 0.05) is 36.2 Å². The summed E-state index contributed by atoms with van der Waals surface area (Å²) in [7, 11) is 0. The van der Waals surface area contributed by atoms with Crippen LogP contribution in [0.3, 0.4) is 0 Å². The van der Waals surface area contributed by atoms with Crippen LogP contribution in [0, 0.1) is 12.8 Å². The molecule has 1 amide bonds. The number of benzene rings is 1. The van der Waals surface area contributed by atoms with Crippen LogP contribution in [-0.4, -0.2) is 40.0 Å². The molecule has 2 aromatic heterocycles. The monoisotopic (exact) mass is 392 g/mol. The van der Waals surface area contributed by atoms with E-state index < -0.39 is 0 Å². The van der Waals surface area contributed by atoms with Gasteiger partial charge < -0.3 is 20.0 Å². The van der Waals surface area contributed by atoms with E-state index in [0.29, 0.717) is 30.8 Å². The summed E-state index contributed by atoms with van der Waals surface area (Å²) < 4.78 is 6.04. The molecule has 1 aliphatic heterocycles. The minimum absolute atomic E-state index is 0.00959. The Morgan fingerprint density at radius 1 is 1.28 bits per heavy atom. The van der Waals surface area contributed by atoms with E-state index in [0.717, 1.165) is 16.9 Å². The van der Waals surface area contributed by atoms with Gasteiger partial charge in [-0.2, -0.15) is 0 Å². The van der Waals surface area contributed by atoms with Gasteiger partial charge in [0.15, 0.2) is 5.76 Å². The van der Waals surface area contributed by atoms with Gasteiger partial charge in [0.05, 0.1) is 6.20 Å². The second-order valence-corrected chi connectivity index (χ2v) is 7.41. The number of amides is 1. The number of oxazole rings is 1. The molecule has 3 aromatic rings. The lowest BCUT2D eigenvalue weighted by molar-refractivity contribution is -0.124. The highest BCUT2D eigenvalue weighted by atomic mass is 16.4. The van der Waals surface area contributed by atoms with Crippen molar-refractivity contribution in [3.8, 4) is 11.3 Å². The first-order valence-corrected chi connectivity index (χ1v) is 9.68. The Morgan fingerprint density at radius 2 is 2.14 bits per heavy atom. The van der Waals surface area contributed by atoms with Gasteiger partial charge in [-0.05, 0) is 31.0 Å². The minimum atomic E-state index is -0.290. The molecule has 0 aliphatic carbocycles. The van der Waals surface area contributed by atoms with Crippen molar-refractivity contribution in [2.45, 2.75) is 26.8 Å². The number of aromatic nitrogens is 3. The first kappa shape index (κ1) is 18.9. The Balaban J connectivity index is 1.57. The predicted molar refractivity (Wildman–Crippen MR) is 111 cm³/mol. The number of piperazine rings is 1. The third-order valence-electron chi connectivity index (χ3n) is 4.83. The van der Waals surface area contributed by atoms with Gasteiger partial charge in [-0.25, -0.2) is 15.0 Å². The third-order valence-corrected chi connectivity index (χ3v) is 4.83. The second-order valence-electron chi connectivity index (χ2n) is 7.41. The number of carbonyl (C=O) groups is 1. The average molecular weight is 392 g/mol. The molecule has 1 fully saturated rings. The Labute approximate surface area is 169 Å². The van der Waals surface area contributed by atoms with Crippen molar-refractivity contribution in [1.82, 2.24) is 20.3 Å². The maximum Gasteiger partial charge on any atom is 0.298 e. The Kier molecular flexibility index (Phi) is 5.16. The topological polar surface area (TPSA) is 96.2 Å². The molecule has 0 saturated carbocycles. The summed E-state index contributed by atoms with van der Waals surface area (Å²) in [6, 6.07) is 9.81. The van der Waals surface area contributed by atoms with E-state index in [1.807, 2.05) is 56.0 Å². The molecule has 3 heterocycles. The van der Waals surface area contributed by atoms with Gasteiger partial charge >= 0.3 is 0 Å². The van der Waals surface area contributed by atoms with E-state index in [-0.39, 0.29) is 17.9 Å². The molecule has 1 aromatic carbocycles. The smallest absolute Gasteiger partial charge is 0.298 e. The van der Waals surface area contributed by atoms with Gasteiger partial charge in [0.25, 0.3) is 6.01 Å². The molecule has 2 N–H and O–H groups in total. The first-order chi connectivity index (χ1) is 14.0. The molecule has 8 nitrogen and oxygen atoms in total. The molecule has 0 spiro atoms. The molecule has 4 rings (SSSR count). The van der Waals surface area contributed by atoms with Crippen molar-refractivity contribution in [3.05, 3.63) is 48.4 Å². The van der Waals surface area contributed by atoms with Crippen LogP contribution in [0.1, 0.15) is 19.5 Å². The van der Waals surface area contributed by atoms with Crippen LogP contribution < -0.4 is 15.5 Å². The van der Waals surface area contributed by atoms with Crippen molar-refractivity contribution in [2.24, 2.45) is 5.92 Å². The van der Waals surface area contributed by atoms with Gasteiger partial charge in [-0.3, -0.25) is 4.79 Å². The third kappa shape index (κ3) is 4.06. The minimum Gasteiger partial charge on any atom is -0.423 e. The highest BCUT2D eigenvalue weighted by Crippen LogP contribution is 2.29. The van der Waals surface area contributed by atoms with Crippen molar-refractivity contribution in [2.75, 3.05) is 23.3 Å². The molecule has 0 radical (unpaired) electrons. The summed E-state index contributed by atoms with van der Waals surface area (Å²) in [6.45, 7) is 7.21. The van der Waals surface area contributed by atoms with Gasteiger partial charge in [-0.15, -0.1) is 0 Å². The van der Waals surface area contributed by atoms with Crippen molar-refractivity contribution in [3.63, 3.8) is 0 Å². The number of anilines is 3. The number of carbonyl (C=O) groups excluding carboxylic acids is 1. The molecule has 1 saturated heterocycles. The molecule has 150 valence electrons. The van der Waals surface area contributed by atoms with Crippen LogP contribution in [0.5, 0.6) is 0 Å². The molecular weight excluding hydrogens is 368 g/mol. The van der Waals surface area contributed by atoms with Crippen molar-refractivity contribution < 1.29 is 9.21 Å². The SMILES string of the molecule is Cc1ccnc(Nc2cccc(-c3cnc(N4CCNC(=O)C4C(C)C)o3)c2)n1. The standard InChI is InChI=1S/C21H24N6O2/c1-13(2)18-19(28)22-9-10-27(18)21-24-12-17(29-21)15-5-4-6-16(11-15)26-20-23-8-7-14(3)25-20/h4-8,11-13,18H,9-10H2,1-3H3,(H,22,28)(H,23,25,26). The largest absolute Gasteiger partial charge is 0.423 e. The molecule has 8 heteroatoms. The van der Waals surface area contributed by atoms with Gasteiger partial charge in [0.2, 0.25) is 11.9 Å². The van der Waals surface area contributed by atoms with E-state index in [2.05, 4.69) is 25.6 Å². The second kappa shape index (κ2) is 7.90. The van der Waals surface area contributed by atoms with Crippen LogP contribution >= 0.6 is 0 Å². The molecule has 0 bridgehead atoms. The van der Waals surface area contributed by atoms with Crippen molar-refractivity contribution in [1.29, 1.82) is 0 Å². The van der Waals surface area contributed by atoms with Crippen LogP contribution in [-0.2, 0) is 4.79 Å². The maximum absolute atomic E-state index is 12.3. The summed E-state index contributed by atoms with van der Waals surface area (Å²) in [5.41, 5.74) is 2.62. The van der Waals surface area contributed by atoms with Gasteiger partial charge in [0.1, 0.15) is 6.04 Å². The van der Waals surface area contributed by atoms with Crippen LogP contribution in [0.2, 0.25) is 0 Å². The number of hydrogen-bond acceptors (Lipinski definition) is 7. The van der Waals surface area contributed by atoms with Crippen LogP contribution in [0.15, 0.2) is 47.1 Å². The zero-order chi connectivity index (χ0) is 20.4. The number of nitrogens with zero attached hydrogens (tertiary/aromatic N) is 4. The first-order valence-electron chi connectivity index (χ1n) is 9.68. The lowest BCUT2D eigenvalue weighted by atomic mass is 10.0. The average Bonchev–Trinajstić information content (AvgIpc) is 3.18. The molecular formula is C21H24N6O2. The Hall–Kier alpha value is -3.42. The molecule has 29 heavy (non-hydrogen) atoms. The highest BCUT2D eigenvalue weighted by molar-refractivity contribution is 5.86. The molecule has 1 unspecified atom stereocenters. The molecule has 1 atom stereocenters. The summed E-state index contributed by atoms with van der Waals surface area (Å²) in [5, 5.41) is 6.12. The zero-order valence-electron chi connectivity index (χ0n) is 16.7. The van der Waals surface area contributed by atoms with Crippen LogP contribution in [0.25, 0.3) is 11.3 Å². The lowest BCUT2D eigenvalue weighted by Gasteiger charge is -2.36. The van der Waals surface area contributed by atoms with Crippen LogP contribution in [0.4, 0.5) is 17.7 Å². The Bertz CT molecular complexity index is 1020. The normalized spacial score (nSPS) is 16.8. The summed E-state index contributed by atoms with van der Waals surface area (Å²) in [6.07, 6.45) is 3.42.